The maximum Gasteiger partial charge on any atom is 0.321 e. The van der Waals surface area contributed by atoms with Crippen molar-refractivity contribution in [3.05, 3.63) is 29.8 Å². The summed E-state index contributed by atoms with van der Waals surface area (Å²) < 4.78 is 5.19. The average Bonchev–Trinajstić information content (AvgIpc) is 2.34. The first-order valence-electron chi connectivity index (χ1n) is 6.32. The van der Waals surface area contributed by atoms with Gasteiger partial charge in [0.05, 0.1) is 0 Å². The van der Waals surface area contributed by atoms with E-state index in [1.54, 1.807) is 20.8 Å². The molecule has 0 aromatic heterocycles. The molecule has 1 rings (SSSR count). The van der Waals surface area contributed by atoms with E-state index < -0.39 is 23.4 Å². The number of hydrogen-bond acceptors (Lipinski definition) is 4. The molecular weight excluding hydrogens is 274 g/mol. The number of hydrogen-bond donors (Lipinski definition) is 3. The van der Waals surface area contributed by atoms with Crippen LogP contribution in [0.5, 0.6) is 5.75 Å². The van der Waals surface area contributed by atoms with Gasteiger partial charge in [0.1, 0.15) is 5.75 Å². The molecule has 114 valence electrons. The van der Waals surface area contributed by atoms with E-state index in [4.69, 9.17) is 10.5 Å². The second kappa shape index (κ2) is 6.74. The number of ether oxygens (including phenoxy) is 1. The summed E-state index contributed by atoms with van der Waals surface area (Å²) in [5.41, 5.74) is 5.01. The van der Waals surface area contributed by atoms with Crippen molar-refractivity contribution in [2.75, 3.05) is 6.61 Å². The molecule has 0 bridgehead atoms. The Morgan fingerprint density at radius 3 is 2.19 bits per heavy atom. The Labute approximate surface area is 122 Å². The highest BCUT2D eigenvalue weighted by atomic mass is 16.5. The number of nitrogens with one attached hydrogen (secondary N) is 2. The van der Waals surface area contributed by atoms with Crippen LogP contribution < -0.4 is 21.1 Å². The first-order valence-corrected chi connectivity index (χ1v) is 6.32. The summed E-state index contributed by atoms with van der Waals surface area (Å²) in [6, 6.07) is 5.43. The molecule has 21 heavy (non-hydrogen) atoms. The molecule has 0 atom stereocenters. The van der Waals surface area contributed by atoms with Crippen LogP contribution >= 0.6 is 0 Å². The molecule has 0 aliphatic carbocycles. The Hall–Kier alpha value is -2.57. The van der Waals surface area contributed by atoms with E-state index in [9.17, 15) is 14.4 Å². The van der Waals surface area contributed by atoms with E-state index in [2.05, 4.69) is 10.6 Å². The van der Waals surface area contributed by atoms with E-state index >= 15 is 0 Å². The molecule has 0 radical (unpaired) electrons. The molecule has 0 saturated carbocycles. The number of nitrogens with two attached hydrogens (primary N) is 1. The fourth-order valence-electron chi connectivity index (χ4n) is 1.40. The van der Waals surface area contributed by atoms with Crippen LogP contribution in [0.4, 0.5) is 4.79 Å². The molecule has 0 aliphatic heterocycles. The van der Waals surface area contributed by atoms with Gasteiger partial charge in [0.2, 0.25) is 5.91 Å². The molecule has 0 saturated heterocycles. The van der Waals surface area contributed by atoms with Crippen molar-refractivity contribution in [3.63, 3.8) is 0 Å². The number of carbonyl (C=O) groups is 3. The second-order valence-corrected chi connectivity index (χ2v) is 5.43. The minimum Gasteiger partial charge on any atom is -0.484 e. The Morgan fingerprint density at radius 1 is 1.14 bits per heavy atom. The van der Waals surface area contributed by atoms with Gasteiger partial charge in [-0.25, -0.2) is 4.79 Å². The molecule has 4 amide bonds. The van der Waals surface area contributed by atoms with Gasteiger partial charge >= 0.3 is 6.03 Å². The lowest BCUT2D eigenvalue weighted by molar-refractivity contribution is -0.122. The summed E-state index contributed by atoms with van der Waals surface area (Å²) in [5, 5.41) is 4.74. The van der Waals surface area contributed by atoms with Crippen LogP contribution in [0, 0.1) is 0 Å². The zero-order valence-corrected chi connectivity index (χ0v) is 12.2. The lowest BCUT2D eigenvalue weighted by atomic mass is 10.1. The van der Waals surface area contributed by atoms with Crippen molar-refractivity contribution in [1.29, 1.82) is 0 Å². The topological polar surface area (TPSA) is 111 Å². The third kappa shape index (κ3) is 6.42. The summed E-state index contributed by atoms with van der Waals surface area (Å²) in [7, 11) is 0. The number of amides is 4. The van der Waals surface area contributed by atoms with Gasteiger partial charge in [0.15, 0.2) is 6.61 Å². The molecule has 1 aromatic carbocycles. The Kier molecular flexibility index (Phi) is 5.29. The van der Waals surface area contributed by atoms with Crippen LogP contribution in [-0.4, -0.2) is 30.0 Å². The number of imide groups is 1. The lowest BCUT2D eigenvalue weighted by Gasteiger charge is -2.20. The SMILES string of the molecule is CC(C)(C)NC(=O)NC(=O)COc1ccc(C(N)=O)cc1. The number of rotatable bonds is 4. The monoisotopic (exact) mass is 293 g/mol. The molecular formula is C14H19N3O4. The van der Waals surface area contributed by atoms with E-state index in [0.717, 1.165) is 0 Å². The second-order valence-electron chi connectivity index (χ2n) is 5.43. The van der Waals surface area contributed by atoms with Crippen molar-refractivity contribution >= 4 is 17.8 Å². The fourth-order valence-corrected chi connectivity index (χ4v) is 1.40. The quantitative estimate of drug-likeness (QED) is 0.762. The summed E-state index contributed by atoms with van der Waals surface area (Å²) in [5.74, 6) is -0.722. The summed E-state index contributed by atoms with van der Waals surface area (Å²) >= 11 is 0. The maximum absolute atomic E-state index is 11.5. The summed E-state index contributed by atoms with van der Waals surface area (Å²) in [4.78, 5) is 33.9. The van der Waals surface area contributed by atoms with Gasteiger partial charge in [-0.3, -0.25) is 14.9 Å². The number of primary amides is 1. The van der Waals surface area contributed by atoms with Crippen molar-refractivity contribution in [3.8, 4) is 5.75 Å². The standard InChI is InChI=1S/C14H19N3O4/c1-14(2,3)17-13(20)16-11(18)8-21-10-6-4-9(5-7-10)12(15)19/h4-7H,8H2,1-3H3,(H2,15,19)(H2,16,17,18,20). The molecule has 0 fully saturated rings. The third-order valence-corrected chi connectivity index (χ3v) is 2.25. The Balaban J connectivity index is 2.42. The van der Waals surface area contributed by atoms with Gasteiger partial charge in [-0.1, -0.05) is 0 Å². The highest BCUT2D eigenvalue weighted by Crippen LogP contribution is 2.11. The molecule has 7 nitrogen and oxygen atoms in total. The Morgan fingerprint density at radius 2 is 1.71 bits per heavy atom. The van der Waals surface area contributed by atoms with E-state index in [1.807, 2.05) is 0 Å². The fraction of sp³-hybridized carbons (Fsp3) is 0.357. The molecule has 1 aromatic rings. The van der Waals surface area contributed by atoms with E-state index in [-0.39, 0.29) is 6.61 Å². The predicted octanol–water partition coefficient (Wildman–Crippen LogP) is 0.789. The number of urea groups is 1. The Bertz CT molecular complexity index is 532. The average molecular weight is 293 g/mol. The van der Waals surface area contributed by atoms with Crippen molar-refractivity contribution in [1.82, 2.24) is 10.6 Å². The molecule has 7 heteroatoms. The largest absolute Gasteiger partial charge is 0.484 e. The van der Waals surface area contributed by atoms with Crippen LogP contribution in [-0.2, 0) is 4.79 Å². The molecule has 0 spiro atoms. The number of benzene rings is 1. The molecule has 0 unspecified atom stereocenters. The zero-order chi connectivity index (χ0) is 16.0. The van der Waals surface area contributed by atoms with Gasteiger partial charge in [0, 0.05) is 11.1 Å². The predicted molar refractivity (Wildman–Crippen MR) is 76.9 cm³/mol. The third-order valence-electron chi connectivity index (χ3n) is 2.25. The number of carbonyl (C=O) groups excluding carboxylic acids is 3. The van der Waals surface area contributed by atoms with Crippen LogP contribution in [0.2, 0.25) is 0 Å². The normalized spacial score (nSPS) is 10.6. The maximum atomic E-state index is 11.5. The van der Waals surface area contributed by atoms with Gasteiger partial charge in [-0.15, -0.1) is 0 Å². The van der Waals surface area contributed by atoms with Crippen LogP contribution in [0.3, 0.4) is 0 Å². The smallest absolute Gasteiger partial charge is 0.321 e. The summed E-state index contributed by atoms with van der Waals surface area (Å²) in [6.07, 6.45) is 0. The molecule has 0 aliphatic rings. The minimum absolute atomic E-state index is 0.312. The van der Waals surface area contributed by atoms with Gasteiger partial charge in [-0.05, 0) is 45.0 Å². The van der Waals surface area contributed by atoms with Crippen LogP contribution in [0.25, 0.3) is 0 Å². The molecule has 0 heterocycles. The van der Waals surface area contributed by atoms with Gasteiger partial charge in [0.25, 0.3) is 5.91 Å². The van der Waals surface area contributed by atoms with Crippen molar-refractivity contribution in [2.24, 2.45) is 5.73 Å². The zero-order valence-electron chi connectivity index (χ0n) is 12.2. The van der Waals surface area contributed by atoms with Crippen molar-refractivity contribution in [2.45, 2.75) is 26.3 Å². The lowest BCUT2D eigenvalue weighted by Crippen LogP contribution is -2.49. The summed E-state index contributed by atoms with van der Waals surface area (Å²) in [6.45, 7) is 5.09. The first kappa shape index (κ1) is 16.5. The first-order chi connectivity index (χ1) is 9.67. The van der Waals surface area contributed by atoms with E-state index in [1.165, 1.54) is 24.3 Å². The highest BCUT2D eigenvalue weighted by molar-refractivity contribution is 5.95. The minimum atomic E-state index is -0.583. The van der Waals surface area contributed by atoms with Crippen LogP contribution in [0.1, 0.15) is 31.1 Å². The van der Waals surface area contributed by atoms with E-state index in [0.29, 0.717) is 11.3 Å². The van der Waals surface area contributed by atoms with Crippen LogP contribution in [0.15, 0.2) is 24.3 Å². The highest BCUT2D eigenvalue weighted by Gasteiger charge is 2.15. The van der Waals surface area contributed by atoms with Gasteiger partial charge < -0.3 is 15.8 Å². The molecule has 4 N–H and O–H groups in total. The van der Waals surface area contributed by atoms with Crippen molar-refractivity contribution < 1.29 is 19.1 Å². The van der Waals surface area contributed by atoms with Gasteiger partial charge in [-0.2, -0.15) is 0 Å².